The highest BCUT2D eigenvalue weighted by molar-refractivity contribution is 6.30. The van der Waals surface area contributed by atoms with E-state index in [-0.39, 0.29) is 5.56 Å². The second-order valence-corrected chi connectivity index (χ2v) is 3.83. The number of rotatable bonds is 3. The molecule has 90 valence electrons. The van der Waals surface area contributed by atoms with Crippen molar-refractivity contribution >= 4 is 11.6 Å². The molecule has 0 aliphatic heterocycles. The van der Waals surface area contributed by atoms with Crippen LogP contribution >= 0.6 is 11.6 Å². The van der Waals surface area contributed by atoms with Crippen LogP contribution in [0.5, 0.6) is 0 Å². The zero-order valence-corrected chi connectivity index (χ0v) is 9.23. The lowest BCUT2D eigenvalue weighted by Gasteiger charge is -2.30. The summed E-state index contributed by atoms with van der Waals surface area (Å²) >= 11 is 5.57. The van der Waals surface area contributed by atoms with E-state index in [0.29, 0.717) is 5.02 Å². The first-order valence-corrected chi connectivity index (χ1v) is 4.89. The zero-order chi connectivity index (χ0) is 12.4. The number of likely N-dealkylation sites (N-methyl/N-ethyl adjacent to an activating group) is 1. The number of halogens is 4. The molecule has 2 nitrogen and oxygen atoms in total. The van der Waals surface area contributed by atoms with Crippen LogP contribution in [-0.2, 0) is 5.60 Å². The molecule has 16 heavy (non-hydrogen) atoms. The number of hydrogen-bond acceptors (Lipinski definition) is 2. The molecule has 0 bridgehead atoms. The van der Waals surface area contributed by atoms with Gasteiger partial charge in [-0.15, -0.1) is 0 Å². The van der Waals surface area contributed by atoms with Gasteiger partial charge in [-0.2, -0.15) is 13.2 Å². The van der Waals surface area contributed by atoms with E-state index in [1.165, 1.54) is 19.2 Å². The molecule has 0 saturated carbocycles. The molecule has 1 aromatic carbocycles. The van der Waals surface area contributed by atoms with Crippen LogP contribution < -0.4 is 5.32 Å². The first kappa shape index (κ1) is 13.3. The van der Waals surface area contributed by atoms with Gasteiger partial charge >= 0.3 is 6.18 Å². The highest BCUT2D eigenvalue weighted by atomic mass is 35.5. The van der Waals surface area contributed by atoms with E-state index in [9.17, 15) is 18.3 Å². The number of nitrogens with one attached hydrogen (secondary N) is 1. The van der Waals surface area contributed by atoms with Crippen molar-refractivity contribution in [1.29, 1.82) is 0 Å². The van der Waals surface area contributed by atoms with E-state index in [1.807, 2.05) is 0 Å². The van der Waals surface area contributed by atoms with Crippen molar-refractivity contribution in [3.63, 3.8) is 0 Å². The molecule has 1 unspecified atom stereocenters. The van der Waals surface area contributed by atoms with E-state index in [2.05, 4.69) is 5.32 Å². The van der Waals surface area contributed by atoms with Crippen LogP contribution in [0.2, 0.25) is 5.02 Å². The summed E-state index contributed by atoms with van der Waals surface area (Å²) in [6, 6.07) is 4.94. The Morgan fingerprint density at radius 1 is 1.25 bits per heavy atom. The predicted molar refractivity (Wildman–Crippen MR) is 55.3 cm³/mol. The number of hydrogen-bond donors (Lipinski definition) is 2. The highest BCUT2D eigenvalue weighted by Crippen LogP contribution is 2.38. The Labute approximate surface area is 96.0 Å². The summed E-state index contributed by atoms with van der Waals surface area (Å²) in [6.07, 6.45) is -4.75. The second kappa shape index (κ2) is 4.61. The van der Waals surface area contributed by atoms with Gasteiger partial charge in [-0.3, -0.25) is 0 Å². The van der Waals surface area contributed by atoms with E-state index < -0.39 is 18.3 Å². The van der Waals surface area contributed by atoms with Gasteiger partial charge in [0.2, 0.25) is 0 Å². The van der Waals surface area contributed by atoms with Crippen molar-refractivity contribution in [2.45, 2.75) is 11.8 Å². The fourth-order valence-corrected chi connectivity index (χ4v) is 1.47. The third-order valence-electron chi connectivity index (χ3n) is 2.22. The van der Waals surface area contributed by atoms with Crippen molar-refractivity contribution in [1.82, 2.24) is 5.32 Å². The molecule has 0 saturated heterocycles. The lowest BCUT2D eigenvalue weighted by molar-refractivity contribution is -0.264. The molecule has 2 N–H and O–H groups in total. The van der Waals surface area contributed by atoms with Crippen LogP contribution in [0.15, 0.2) is 24.3 Å². The Balaban J connectivity index is 3.16. The maximum absolute atomic E-state index is 12.8. The molecule has 0 heterocycles. The van der Waals surface area contributed by atoms with E-state index >= 15 is 0 Å². The quantitative estimate of drug-likeness (QED) is 0.866. The van der Waals surface area contributed by atoms with Crippen LogP contribution in [0.25, 0.3) is 0 Å². The Morgan fingerprint density at radius 3 is 2.12 bits per heavy atom. The van der Waals surface area contributed by atoms with Gasteiger partial charge in [0.1, 0.15) is 0 Å². The van der Waals surface area contributed by atoms with Gasteiger partial charge in [-0.05, 0) is 24.7 Å². The minimum absolute atomic E-state index is 0.237. The summed E-state index contributed by atoms with van der Waals surface area (Å²) in [5.74, 6) is 0. The van der Waals surface area contributed by atoms with Crippen LogP contribution in [0.3, 0.4) is 0 Å². The highest BCUT2D eigenvalue weighted by Gasteiger charge is 2.54. The van der Waals surface area contributed by atoms with Gasteiger partial charge in [-0.1, -0.05) is 23.7 Å². The smallest absolute Gasteiger partial charge is 0.375 e. The van der Waals surface area contributed by atoms with E-state index in [1.54, 1.807) is 0 Å². The summed E-state index contributed by atoms with van der Waals surface area (Å²) in [7, 11) is 1.34. The van der Waals surface area contributed by atoms with E-state index in [4.69, 9.17) is 11.6 Å². The molecule has 0 amide bonds. The first-order valence-electron chi connectivity index (χ1n) is 4.51. The number of benzene rings is 1. The van der Waals surface area contributed by atoms with Crippen LogP contribution in [-0.4, -0.2) is 24.9 Å². The Kier molecular flexibility index (Phi) is 3.83. The molecule has 1 aromatic rings. The third kappa shape index (κ3) is 2.48. The molecule has 0 fully saturated rings. The molecular formula is C10H11ClF3NO. The van der Waals surface area contributed by atoms with Gasteiger partial charge in [0.25, 0.3) is 0 Å². The number of alkyl halides is 3. The lowest BCUT2D eigenvalue weighted by atomic mass is 9.93. The normalized spacial score (nSPS) is 15.9. The van der Waals surface area contributed by atoms with Crippen LogP contribution in [0.4, 0.5) is 13.2 Å². The monoisotopic (exact) mass is 253 g/mol. The summed E-state index contributed by atoms with van der Waals surface area (Å²) < 4.78 is 38.3. The molecule has 0 radical (unpaired) electrons. The van der Waals surface area contributed by atoms with Crippen molar-refractivity contribution in [3.05, 3.63) is 34.9 Å². The van der Waals surface area contributed by atoms with Gasteiger partial charge in [0.15, 0.2) is 5.60 Å². The molecule has 0 aromatic heterocycles. The molecule has 1 rings (SSSR count). The average Bonchev–Trinajstić information content (AvgIpc) is 2.17. The largest absolute Gasteiger partial charge is 0.422 e. The maximum atomic E-state index is 12.8. The Hall–Kier alpha value is -0.780. The van der Waals surface area contributed by atoms with Crippen molar-refractivity contribution in [2.75, 3.05) is 13.6 Å². The molecule has 0 aliphatic rings. The van der Waals surface area contributed by atoms with Crippen molar-refractivity contribution in [3.8, 4) is 0 Å². The zero-order valence-electron chi connectivity index (χ0n) is 8.48. The molecule has 0 aliphatic carbocycles. The van der Waals surface area contributed by atoms with Gasteiger partial charge < -0.3 is 10.4 Å². The minimum Gasteiger partial charge on any atom is -0.375 e. The predicted octanol–water partition coefficient (Wildman–Crippen LogP) is 2.31. The fraction of sp³-hybridized carbons (Fsp3) is 0.400. The van der Waals surface area contributed by atoms with Gasteiger partial charge in [0.05, 0.1) is 0 Å². The lowest BCUT2D eigenvalue weighted by Crippen LogP contribution is -2.49. The molecule has 0 spiro atoms. The van der Waals surface area contributed by atoms with Crippen LogP contribution in [0.1, 0.15) is 5.56 Å². The standard InChI is InChI=1S/C10H11ClF3NO/c1-15-6-9(16,10(12,13)14)7-2-4-8(11)5-3-7/h2-5,15-16H,6H2,1H3. The summed E-state index contributed by atoms with van der Waals surface area (Å²) in [5.41, 5.74) is -3.13. The Bertz CT molecular complexity index is 352. The molecule has 6 heteroatoms. The topological polar surface area (TPSA) is 32.3 Å². The Morgan fingerprint density at radius 2 is 1.75 bits per heavy atom. The SMILES string of the molecule is CNCC(O)(c1ccc(Cl)cc1)C(F)(F)F. The summed E-state index contributed by atoms with van der Waals surface area (Å²) in [4.78, 5) is 0. The fourth-order valence-electron chi connectivity index (χ4n) is 1.35. The van der Waals surface area contributed by atoms with Gasteiger partial charge in [0, 0.05) is 11.6 Å². The molecule has 1 atom stereocenters. The van der Waals surface area contributed by atoms with Gasteiger partial charge in [-0.25, -0.2) is 0 Å². The average molecular weight is 254 g/mol. The second-order valence-electron chi connectivity index (χ2n) is 3.40. The maximum Gasteiger partial charge on any atom is 0.422 e. The molecular weight excluding hydrogens is 243 g/mol. The minimum atomic E-state index is -4.75. The van der Waals surface area contributed by atoms with Crippen molar-refractivity contribution < 1.29 is 18.3 Å². The van der Waals surface area contributed by atoms with E-state index in [0.717, 1.165) is 12.1 Å². The van der Waals surface area contributed by atoms with Crippen LogP contribution in [0, 0.1) is 0 Å². The number of aliphatic hydroxyl groups is 1. The first-order chi connectivity index (χ1) is 7.31. The summed E-state index contributed by atoms with van der Waals surface area (Å²) in [5, 5.41) is 12.3. The third-order valence-corrected chi connectivity index (χ3v) is 2.48. The summed E-state index contributed by atoms with van der Waals surface area (Å²) in [6.45, 7) is -0.613. The van der Waals surface area contributed by atoms with Crippen molar-refractivity contribution in [2.24, 2.45) is 0 Å².